The van der Waals surface area contributed by atoms with Crippen molar-refractivity contribution in [2.45, 2.75) is 5.92 Å². The minimum atomic E-state index is -0.611. The summed E-state index contributed by atoms with van der Waals surface area (Å²) in [5.74, 6) is -0.0464. The van der Waals surface area contributed by atoms with Gasteiger partial charge in [0.2, 0.25) is 0 Å². The van der Waals surface area contributed by atoms with Gasteiger partial charge in [-0.05, 0) is 12.1 Å². The zero-order valence-corrected chi connectivity index (χ0v) is 13.9. The van der Waals surface area contributed by atoms with E-state index in [9.17, 15) is 9.59 Å². The molecule has 0 saturated heterocycles. The third kappa shape index (κ3) is 2.97. The van der Waals surface area contributed by atoms with Gasteiger partial charge in [0.15, 0.2) is 12.4 Å². The number of para-hydroxylation sites is 2. The van der Waals surface area contributed by atoms with Gasteiger partial charge < -0.3 is 9.47 Å². The molecule has 4 rings (SSSR count). The highest BCUT2D eigenvalue weighted by Gasteiger charge is 2.33. The van der Waals surface area contributed by atoms with E-state index in [-0.39, 0.29) is 12.4 Å². The summed E-state index contributed by atoms with van der Waals surface area (Å²) < 4.78 is 11.2. The van der Waals surface area contributed by atoms with Gasteiger partial charge in [-0.25, -0.2) is 0 Å². The highest BCUT2D eigenvalue weighted by molar-refractivity contribution is 5.98. The van der Waals surface area contributed by atoms with Gasteiger partial charge in [0.05, 0.1) is 0 Å². The molecule has 0 amide bonds. The zero-order chi connectivity index (χ0) is 17.9. The van der Waals surface area contributed by atoms with E-state index in [0.29, 0.717) is 17.1 Å². The highest BCUT2D eigenvalue weighted by atomic mass is 16.5. The molecule has 0 bridgehead atoms. The maximum absolute atomic E-state index is 12.8. The summed E-state index contributed by atoms with van der Waals surface area (Å²) in [7, 11) is 0. The lowest BCUT2D eigenvalue weighted by molar-refractivity contribution is -0.143. The van der Waals surface area contributed by atoms with Crippen LogP contribution in [0, 0.1) is 0 Å². The summed E-state index contributed by atoms with van der Waals surface area (Å²) in [4.78, 5) is 25.1. The lowest BCUT2D eigenvalue weighted by atomic mass is 9.88. The largest absolute Gasteiger partial charge is 0.457 e. The number of benzene rings is 3. The maximum atomic E-state index is 12.8. The molecule has 26 heavy (non-hydrogen) atoms. The van der Waals surface area contributed by atoms with Crippen LogP contribution in [0.15, 0.2) is 78.9 Å². The molecule has 0 saturated carbocycles. The lowest BCUT2D eigenvalue weighted by Crippen LogP contribution is -2.23. The molecule has 0 aliphatic carbocycles. The number of rotatable bonds is 4. The average Bonchev–Trinajstić information content (AvgIpc) is 2.70. The van der Waals surface area contributed by atoms with Crippen molar-refractivity contribution in [3.8, 4) is 11.5 Å². The van der Waals surface area contributed by atoms with E-state index in [2.05, 4.69) is 0 Å². The molecule has 0 aromatic heterocycles. The van der Waals surface area contributed by atoms with Crippen LogP contribution >= 0.6 is 0 Å². The maximum Gasteiger partial charge on any atom is 0.318 e. The van der Waals surface area contributed by atoms with E-state index >= 15 is 0 Å². The molecule has 3 aromatic carbocycles. The summed E-state index contributed by atoms with van der Waals surface area (Å²) in [5.41, 5.74) is 2.00. The van der Waals surface area contributed by atoms with Gasteiger partial charge in [0, 0.05) is 16.7 Å². The van der Waals surface area contributed by atoms with Crippen LogP contribution in [0.3, 0.4) is 0 Å². The Bertz CT molecular complexity index is 917. The Hall–Kier alpha value is -3.40. The summed E-state index contributed by atoms with van der Waals surface area (Å²) in [6.45, 7) is -0.287. The SMILES string of the molecule is O=C(COC(=O)C1c2ccccc2Oc2ccccc21)c1ccccc1. The van der Waals surface area contributed by atoms with Crippen molar-refractivity contribution in [3.63, 3.8) is 0 Å². The topological polar surface area (TPSA) is 52.6 Å². The molecule has 1 aliphatic heterocycles. The van der Waals surface area contributed by atoms with Crippen molar-refractivity contribution < 1.29 is 19.1 Å². The van der Waals surface area contributed by atoms with Gasteiger partial charge in [0.25, 0.3) is 0 Å². The predicted octanol–water partition coefficient (Wildman–Crippen LogP) is 4.35. The van der Waals surface area contributed by atoms with Crippen LogP contribution in [0.1, 0.15) is 27.4 Å². The smallest absolute Gasteiger partial charge is 0.318 e. The van der Waals surface area contributed by atoms with Crippen molar-refractivity contribution in [2.75, 3.05) is 6.61 Å². The van der Waals surface area contributed by atoms with Gasteiger partial charge in [0.1, 0.15) is 17.4 Å². The molecule has 0 radical (unpaired) electrons. The van der Waals surface area contributed by atoms with Crippen molar-refractivity contribution in [1.29, 1.82) is 0 Å². The monoisotopic (exact) mass is 344 g/mol. The minimum absolute atomic E-state index is 0.229. The summed E-state index contributed by atoms with van der Waals surface area (Å²) in [6.07, 6.45) is 0. The van der Waals surface area contributed by atoms with Crippen LogP contribution < -0.4 is 4.74 Å². The highest BCUT2D eigenvalue weighted by Crippen LogP contribution is 2.44. The van der Waals surface area contributed by atoms with Crippen LogP contribution in [-0.2, 0) is 9.53 Å². The molecule has 4 nitrogen and oxygen atoms in total. The second-order valence-corrected chi connectivity index (χ2v) is 6.01. The third-order valence-corrected chi connectivity index (χ3v) is 4.36. The standard InChI is InChI=1S/C22H16O4/c23-18(15-8-2-1-3-9-15)14-25-22(24)21-16-10-4-6-12-19(16)26-20-13-7-5-11-17(20)21/h1-13,21H,14H2. The van der Waals surface area contributed by atoms with Crippen LogP contribution in [0.25, 0.3) is 0 Å². The molecule has 128 valence electrons. The Morgan fingerprint density at radius 2 is 1.31 bits per heavy atom. The zero-order valence-electron chi connectivity index (χ0n) is 13.9. The first kappa shape index (κ1) is 16.1. The van der Waals surface area contributed by atoms with Crippen molar-refractivity contribution in [1.82, 2.24) is 0 Å². The summed E-state index contributed by atoms with van der Waals surface area (Å²) in [6, 6.07) is 23.5. The molecule has 0 fully saturated rings. The number of hydrogen-bond acceptors (Lipinski definition) is 4. The molecule has 0 unspecified atom stereocenters. The van der Waals surface area contributed by atoms with Gasteiger partial charge in [-0.2, -0.15) is 0 Å². The number of ketones is 1. The van der Waals surface area contributed by atoms with E-state index in [1.165, 1.54) is 0 Å². The molecule has 0 spiro atoms. The quantitative estimate of drug-likeness (QED) is 0.521. The number of fused-ring (bicyclic) bond motifs is 2. The van der Waals surface area contributed by atoms with Gasteiger partial charge in [-0.15, -0.1) is 0 Å². The number of Topliss-reactive ketones (excluding diaryl/α,β-unsaturated/α-hetero) is 1. The van der Waals surface area contributed by atoms with E-state index < -0.39 is 11.9 Å². The number of carbonyl (C=O) groups excluding carboxylic acids is 2. The Balaban J connectivity index is 1.59. The fourth-order valence-electron chi connectivity index (χ4n) is 3.09. The molecule has 4 heteroatoms. The second-order valence-electron chi connectivity index (χ2n) is 6.01. The Morgan fingerprint density at radius 3 is 1.92 bits per heavy atom. The molecule has 1 heterocycles. The molecule has 0 atom stereocenters. The van der Waals surface area contributed by atoms with Gasteiger partial charge in [-0.3, -0.25) is 9.59 Å². The molecular formula is C22H16O4. The van der Waals surface area contributed by atoms with E-state index in [4.69, 9.17) is 9.47 Å². The Morgan fingerprint density at radius 1 is 0.769 bits per heavy atom. The first-order valence-electron chi connectivity index (χ1n) is 8.34. The summed E-state index contributed by atoms with van der Waals surface area (Å²) >= 11 is 0. The molecule has 0 N–H and O–H groups in total. The van der Waals surface area contributed by atoms with E-state index in [1.54, 1.807) is 24.3 Å². The van der Waals surface area contributed by atoms with E-state index in [0.717, 1.165) is 11.1 Å². The van der Waals surface area contributed by atoms with E-state index in [1.807, 2.05) is 54.6 Å². The number of carbonyl (C=O) groups is 2. The predicted molar refractivity (Wildman–Crippen MR) is 96.5 cm³/mol. The van der Waals surface area contributed by atoms with Crippen LogP contribution in [-0.4, -0.2) is 18.4 Å². The number of ether oxygens (including phenoxy) is 2. The molecule has 3 aromatic rings. The first-order chi connectivity index (χ1) is 12.7. The molecular weight excluding hydrogens is 328 g/mol. The third-order valence-electron chi connectivity index (χ3n) is 4.36. The van der Waals surface area contributed by atoms with Crippen LogP contribution in [0.5, 0.6) is 11.5 Å². The van der Waals surface area contributed by atoms with Crippen molar-refractivity contribution in [3.05, 3.63) is 95.6 Å². The fraction of sp³-hybridized carbons (Fsp3) is 0.0909. The molecule has 1 aliphatic rings. The normalized spacial score (nSPS) is 12.5. The van der Waals surface area contributed by atoms with Gasteiger partial charge >= 0.3 is 5.97 Å². The van der Waals surface area contributed by atoms with Crippen molar-refractivity contribution >= 4 is 11.8 Å². The van der Waals surface area contributed by atoms with Crippen LogP contribution in [0.2, 0.25) is 0 Å². The fourth-order valence-corrected chi connectivity index (χ4v) is 3.09. The first-order valence-corrected chi connectivity index (χ1v) is 8.34. The minimum Gasteiger partial charge on any atom is -0.457 e. The van der Waals surface area contributed by atoms with Crippen molar-refractivity contribution in [2.24, 2.45) is 0 Å². The number of esters is 1. The van der Waals surface area contributed by atoms with Crippen LogP contribution in [0.4, 0.5) is 0 Å². The lowest BCUT2D eigenvalue weighted by Gasteiger charge is -2.26. The average molecular weight is 344 g/mol. The summed E-state index contributed by atoms with van der Waals surface area (Å²) in [5, 5.41) is 0. The number of hydrogen-bond donors (Lipinski definition) is 0. The Kier molecular flexibility index (Phi) is 4.23. The van der Waals surface area contributed by atoms with Gasteiger partial charge in [-0.1, -0.05) is 66.7 Å². The second kappa shape index (κ2) is 6.84. The Labute approximate surface area is 151 Å².